The normalized spacial score (nSPS) is 9.31. The van der Waals surface area contributed by atoms with Gasteiger partial charge in [-0.15, -0.1) is 6.42 Å². The quantitative estimate of drug-likeness (QED) is 0.570. The van der Waals surface area contributed by atoms with E-state index in [1.807, 2.05) is 19.1 Å². The molecule has 0 fully saturated rings. The molecule has 0 heterocycles. The van der Waals surface area contributed by atoms with Gasteiger partial charge in [-0.1, -0.05) is 34.0 Å². The van der Waals surface area contributed by atoms with E-state index in [1.54, 1.807) is 6.07 Å². The Morgan fingerprint density at radius 2 is 2.31 bits per heavy atom. The minimum atomic E-state index is 0.00120. The van der Waals surface area contributed by atoms with Gasteiger partial charge in [0.1, 0.15) is 0 Å². The summed E-state index contributed by atoms with van der Waals surface area (Å²) in [7, 11) is 0. The Balaban J connectivity index is 3.09. The summed E-state index contributed by atoms with van der Waals surface area (Å²) >= 11 is 3.36. The Morgan fingerprint density at radius 3 is 2.92 bits per heavy atom. The van der Waals surface area contributed by atoms with E-state index in [0.29, 0.717) is 5.56 Å². The molecule has 0 unspecified atom stereocenters. The molecule has 0 saturated heterocycles. The molecule has 0 N–H and O–H groups in total. The van der Waals surface area contributed by atoms with Gasteiger partial charge >= 0.3 is 0 Å². The highest BCUT2D eigenvalue weighted by Gasteiger charge is 2.08. The van der Waals surface area contributed by atoms with Gasteiger partial charge in [0.25, 0.3) is 0 Å². The third-order valence-corrected chi connectivity index (χ3v) is 2.69. The number of rotatable bonds is 2. The second-order valence-electron chi connectivity index (χ2n) is 2.72. The molecule has 1 aromatic rings. The molecule has 0 aliphatic carbocycles. The van der Waals surface area contributed by atoms with Gasteiger partial charge in [-0.2, -0.15) is 0 Å². The van der Waals surface area contributed by atoms with Gasteiger partial charge in [-0.3, -0.25) is 4.79 Å². The van der Waals surface area contributed by atoms with Crippen LogP contribution in [0.25, 0.3) is 0 Å². The predicted octanol–water partition coefficient (Wildman–Crippen LogP) is 2.96. The molecule has 0 radical (unpaired) electrons. The van der Waals surface area contributed by atoms with Crippen molar-refractivity contribution in [1.82, 2.24) is 0 Å². The molecular formula is C11H9BrO. The van der Waals surface area contributed by atoms with Crippen LogP contribution in [0.3, 0.4) is 0 Å². The van der Waals surface area contributed by atoms with Crippen molar-refractivity contribution < 1.29 is 4.79 Å². The van der Waals surface area contributed by atoms with Crippen LogP contribution in [0, 0.1) is 19.3 Å². The molecule has 0 spiro atoms. The van der Waals surface area contributed by atoms with Gasteiger partial charge in [0.2, 0.25) is 0 Å². The molecule has 1 rings (SSSR count). The first-order valence-electron chi connectivity index (χ1n) is 3.88. The zero-order chi connectivity index (χ0) is 9.84. The van der Waals surface area contributed by atoms with Crippen molar-refractivity contribution in [3.05, 3.63) is 33.8 Å². The lowest BCUT2D eigenvalue weighted by molar-refractivity contribution is 0.0997. The number of carbonyl (C=O) groups is 1. The molecule has 0 amide bonds. The zero-order valence-corrected chi connectivity index (χ0v) is 8.89. The van der Waals surface area contributed by atoms with E-state index in [-0.39, 0.29) is 12.2 Å². The highest BCUT2D eigenvalue weighted by molar-refractivity contribution is 9.10. The number of halogens is 1. The van der Waals surface area contributed by atoms with Crippen molar-refractivity contribution in [2.45, 2.75) is 13.3 Å². The van der Waals surface area contributed by atoms with Crippen LogP contribution in [-0.4, -0.2) is 5.78 Å². The maximum Gasteiger partial charge on any atom is 0.175 e. The van der Waals surface area contributed by atoms with Crippen LogP contribution in [-0.2, 0) is 0 Å². The Kier molecular flexibility index (Phi) is 3.27. The van der Waals surface area contributed by atoms with Gasteiger partial charge in [-0.05, 0) is 18.6 Å². The maximum absolute atomic E-state index is 11.5. The summed E-state index contributed by atoms with van der Waals surface area (Å²) in [6.45, 7) is 1.90. The van der Waals surface area contributed by atoms with Gasteiger partial charge in [0.05, 0.1) is 6.42 Å². The number of hydrogen-bond acceptors (Lipinski definition) is 1. The summed E-state index contributed by atoms with van der Waals surface area (Å²) in [4.78, 5) is 11.5. The summed E-state index contributed by atoms with van der Waals surface area (Å²) in [5, 5.41) is 0. The third-order valence-electron chi connectivity index (χ3n) is 1.83. The first-order valence-corrected chi connectivity index (χ1v) is 4.68. The first kappa shape index (κ1) is 10.0. The fraction of sp³-hybridized carbons (Fsp3) is 0.182. The van der Waals surface area contributed by atoms with E-state index >= 15 is 0 Å². The van der Waals surface area contributed by atoms with Gasteiger partial charge in [0, 0.05) is 10.0 Å². The molecule has 0 atom stereocenters. The van der Waals surface area contributed by atoms with Crippen LogP contribution in [0.5, 0.6) is 0 Å². The fourth-order valence-corrected chi connectivity index (χ4v) is 1.46. The number of terminal acetylenes is 1. The molecule has 2 heteroatoms. The minimum Gasteiger partial charge on any atom is -0.293 e. The minimum absolute atomic E-state index is 0.00120. The van der Waals surface area contributed by atoms with Crippen molar-refractivity contribution in [3.8, 4) is 12.3 Å². The smallest absolute Gasteiger partial charge is 0.175 e. The van der Waals surface area contributed by atoms with E-state index in [9.17, 15) is 4.79 Å². The SMILES string of the molecule is C#CCC(=O)c1cccc(Br)c1C. The van der Waals surface area contributed by atoms with Gasteiger partial charge in [0.15, 0.2) is 5.78 Å². The van der Waals surface area contributed by atoms with Crippen molar-refractivity contribution in [2.75, 3.05) is 0 Å². The van der Waals surface area contributed by atoms with E-state index < -0.39 is 0 Å². The largest absolute Gasteiger partial charge is 0.293 e. The molecule has 66 valence electrons. The van der Waals surface area contributed by atoms with Gasteiger partial charge < -0.3 is 0 Å². The monoisotopic (exact) mass is 236 g/mol. The zero-order valence-electron chi connectivity index (χ0n) is 7.30. The number of hydrogen-bond donors (Lipinski definition) is 0. The lowest BCUT2D eigenvalue weighted by atomic mass is 10.0. The molecule has 0 aliphatic rings. The fourth-order valence-electron chi connectivity index (χ4n) is 1.10. The summed E-state index contributed by atoms with van der Waals surface area (Å²) in [6.07, 6.45) is 5.24. The van der Waals surface area contributed by atoms with Gasteiger partial charge in [-0.25, -0.2) is 0 Å². The number of carbonyl (C=O) groups excluding carboxylic acids is 1. The summed E-state index contributed by atoms with van der Waals surface area (Å²) in [5.41, 5.74) is 1.65. The molecular weight excluding hydrogens is 228 g/mol. The van der Waals surface area contributed by atoms with Crippen LogP contribution in [0.15, 0.2) is 22.7 Å². The lowest BCUT2D eigenvalue weighted by Crippen LogP contribution is -2.00. The highest BCUT2D eigenvalue weighted by Crippen LogP contribution is 2.20. The standard InChI is InChI=1S/C11H9BrO/c1-3-5-11(13)9-6-4-7-10(12)8(9)2/h1,4,6-7H,5H2,2H3. The van der Waals surface area contributed by atoms with Crippen molar-refractivity contribution in [3.63, 3.8) is 0 Å². The molecule has 0 aromatic heterocycles. The Hall–Kier alpha value is -1.07. The van der Waals surface area contributed by atoms with Crippen molar-refractivity contribution >= 4 is 21.7 Å². The summed E-state index contributed by atoms with van der Waals surface area (Å²) in [5.74, 6) is 2.35. The van der Waals surface area contributed by atoms with Crippen LogP contribution in [0.2, 0.25) is 0 Å². The number of ketones is 1. The topological polar surface area (TPSA) is 17.1 Å². The van der Waals surface area contributed by atoms with Crippen LogP contribution >= 0.6 is 15.9 Å². The highest BCUT2D eigenvalue weighted by atomic mass is 79.9. The lowest BCUT2D eigenvalue weighted by Gasteiger charge is -2.03. The predicted molar refractivity (Wildman–Crippen MR) is 56.7 cm³/mol. The van der Waals surface area contributed by atoms with E-state index in [4.69, 9.17) is 6.42 Å². The average Bonchev–Trinajstić information content (AvgIpc) is 2.10. The maximum atomic E-state index is 11.5. The van der Waals surface area contributed by atoms with Crippen molar-refractivity contribution in [1.29, 1.82) is 0 Å². The molecule has 0 saturated carbocycles. The second-order valence-corrected chi connectivity index (χ2v) is 3.57. The molecule has 1 aromatic carbocycles. The van der Waals surface area contributed by atoms with E-state index in [1.165, 1.54) is 0 Å². The molecule has 1 nitrogen and oxygen atoms in total. The molecule has 13 heavy (non-hydrogen) atoms. The van der Waals surface area contributed by atoms with E-state index in [2.05, 4.69) is 21.9 Å². The Bertz CT molecular complexity index is 374. The Labute approximate surface area is 86.3 Å². The average molecular weight is 237 g/mol. The van der Waals surface area contributed by atoms with Crippen LogP contribution in [0.1, 0.15) is 22.3 Å². The number of benzene rings is 1. The summed E-state index contributed by atoms with van der Waals surface area (Å²) in [6, 6.07) is 5.53. The number of Topliss-reactive ketones (excluding diaryl/α,β-unsaturated/α-hetero) is 1. The molecule has 0 aliphatic heterocycles. The molecule has 0 bridgehead atoms. The van der Waals surface area contributed by atoms with E-state index in [0.717, 1.165) is 10.0 Å². The first-order chi connectivity index (χ1) is 6.16. The van der Waals surface area contributed by atoms with Crippen molar-refractivity contribution in [2.24, 2.45) is 0 Å². The Morgan fingerprint density at radius 1 is 1.62 bits per heavy atom. The third kappa shape index (κ3) is 2.19. The summed E-state index contributed by atoms with van der Waals surface area (Å²) < 4.78 is 0.940. The van der Waals surface area contributed by atoms with Crippen LogP contribution < -0.4 is 0 Å². The second kappa shape index (κ2) is 4.25. The van der Waals surface area contributed by atoms with Crippen LogP contribution in [0.4, 0.5) is 0 Å².